The molecule has 1 amide bonds. The molecule has 0 bridgehead atoms. The fourth-order valence-electron chi connectivity index (χ4n) is 2.00. The highest BCUT2D eigenvalue weighted by Gasteiger charge is 2.25. The zero-order valence-corrected chi connectivity index (χ0v) is 19.4. The van der Waals surface area contributed by atoms with Crippen LogP contribution >= 0.6 is 30.6 Å². The minimum atomic E-state index is -3.10. The molecule has 184 valence electrons. The Hall–Kier alpha value is -1.83. The van der Waals surface area contributed by atoms with Crippen LogP contribution in [0, 0.1) is 10.1 Å². The number of amides is 1. The zero-order chi connectivity index (χ0) is 24.4. The lowest BCUT2D eigenvalue weighted by atomic mass is 10.0. The summed E-state index contributed by atoms with van der Waals surface area (Å²) in [5.41, 5.74) is 5.26. The Morgan fingerprint density at radius 3 is 2.12 bits per heavy atom. The lowest BCUT2D eigenvalue weighted by Gasteiger charge is -2.22. The molecule has 0 aliphatic carbocycles. The van der Waals surface area contributed by atoms with Gasteiger partial charge in [-0.25, -0.2) is 0 Å². The van der Waals surface area contributed by atoms with E-state index in [1.807, 2.05) is 0 Å². The highest BCUT2D eigenvalue weighted by Crippen LogP contribution is 2.35. The van der Waals surface area contributed by atoms with Crippen LogP contribution in [0.2, 0.25) is 0 Å². The number of carbonyl (C=O) groups excluding carboxylic acids is 1. The van der Waals surface area contributed by atoms with Gasteiger partial charge in [0.1, 0.15) is 12.1 Å². The molecule has 0 heterocycles. The van der Waals surface area contributed by atoms with Gasteiger partial charge in [0, 0.05) is 25.0 Å². The summed E-state index contributed by atoms with van der Waals surface area (Å²) in [5, 5.41) is 40.2. The van der Waals surface area contributed by atoms with E-state index in [9.17, 15) is 29.4 Å². The number of nitro benzene ring substituents is 1. The molecular weight excluding hydrogens is 494 g/mol. The van der Waals surface area contributed by atoms with E-state index in [0.717, 1.165) is 0 Å². The first-order valence-electron chi connectivity index (χ1n) is 8.59. The molecule has 0 saturated heterocycles. The summed E-state index contributed by atoms with van der Waals surface area (Å²) in [6.45, 7) is 0.631. The van der Waals surface area contributed by atoms with Crippen LogP contribution in [0.25, 0.3) is 0 Å². The summed E-state index contributed by atoms with van der Waals surface area (Å²) in [7, 11) is -3.10. The summed E-state index contributed by atoms with van der Waals surface area (Å²) in [6, 6.07) is 3.02. The minimum Gasteiger partial charge on any atom is -0.480 e. The maximum atomic E-state index is 11.3. The van der Waals surface area contributed by atoms with Crippen LogP contribution in [-0.4, -0.2) is 73.4 Å². The molecule has 0 aliphatic rings. The van der Waals surface area contributed by atoms with E-state index in [4.69, 9.17) is 44.0 Å². The Morgan fingerprint density at radius 1 is 1.28 bits per heavy atom. The Bertz CT molecular complexity index is 792. The maximum absolute atomic E-state index is 11.3. The average Bonchev–Trinajstić information content (AvgIpc) is 2.69. The Morgan fingerprint density at radius 2 is 1.78 bits per heavy atom. The van der Waals surface area contributed by atoms with Crippen molar-refractivity contribution >= 4 is 48.1 Å². The number of rotatable bonds is 10. The quantitative estimate of drug-likeness (QED) is 0.0979. The number of nitrogens with one attached hydrogen (secondary N) is 1. The van der Waals surface area contributed by atoms with Gasteiger partial charge < -0.3 is 37.4 Å². The van der Waals surface area contributed by atoms with Crippen molar-refractivity contribution in [1.29, 1.82) is 0 Å². The van der Waals surface area contributed by atoms with Crippen LogP contribution in [0.15, 0.2) is 24.3 Å². The van der Waals surface area contributed by atoms with Crippen LogP contribution in [0.5, 0.6) is 0 Å². The van der Waals surface area contributed by atoms with E-state index < -0.39 is 53.8 Å². The van der Waals surface area contributed by atoms with Crippen molar-refractivity contribution in [3.05, 3.63) is 39.9 Å². The number of benzene rings is 1. The molecule has 13 nitrogen and oxygen atoms in total. The van der Waals surface area contributed by atoms with Gasteiger partial charge in [-0.3, -0.25) is 24.3 Å². The summed E-state index contributed by atoms with van der Waals surface area (Å²) in [6.07, 6.45) is -1.25. The molecule has 0 fully saturated rings. The van der Waals surface area contributed by atoms with Crippen molar-refractivity contribution < 1.29 is 39.3 Å². The van der Waals surface area contributed by atoms with Gasteiger partial charge >= 0.3 is 5.97 Å². The molecule has 0 radical (unpaired) electrons. The Kier molecular flexibility index (Phi) is 15.3. The molecule has 1 aromatic carbocycles. The molecule has 0 aliphatic heterocycles. The number of nitro groups is 1. The Balaban J connectivity index is 0. The molecule has 0 saturated carbocycles. The number of carboxylic acids is 1. The second-order valence-electron chi connectivity index (χ2n) is 6.40. The maximum Gasteiger partial charge on any atom is 0.320 e. The van der Waals surface area contributed by atoms with E-state index in [2.05, 4.69) is 5.32 Å². The predicted octanol–water partition coefficient (Wildman–Crippen LogP) is 0.760. The first-order chi connectivity index (χ1) is 14.2. The third-order valence-electron chi connectivity index (χ3n) is 3.72. The van der Waals surface area contributed by atoms with E-state index >= 15 is 0 Å². The number of carbonyl (C=O) groups is 2. The third-order valence-corrected chi connectivity index (χ3v) is 5.21. The number of nitrogens with two attached hydrogens (primary N) is 1. The van der Waals surface area contributed by atoms with Crippen LogP contribution < -0.4 is 17.2 Å². The predicted molar refractivity (Wildman–Crippen MR) is 118 cm³/mol. The van der Waals surface area contributed by atoms with Gasteiger partial charge in [0.05, 0.1) is 17.6 Å². The van der Waals surface area contributed by atoms with Crippen molar-refractivity contribution in [3.8, 4) is 0 Å². The number of non-ortho nitro benzene ring substituents is 1. The number of alkyl halides is 2. The minimum absolute atomic E-state index is 0. The monoisotopic (exact) mass is 520 g/mol. The molecule has 10 N–H and O–H groups in total. The third kappa shape index (κ3) is 12.9. The van der Waals surface area contributed by atoms with Gasteiger partial charge in [0.2, 0.25) is 0 Å². The fraction of sp³-hybridized carbons (Fsp3) is 0.500. The highest BCUT2D eigenvalue weighted by molar-refractivity contribution is 7.57. The fourth-order valence-corrected chi connectivity index (χ4v) is 2.88. The number of halogens is 2. The van der Waals surface area contributed by atoms with Gasteiger partial charge in [0.15, 0.2) is 12.2 Å². The van der Waals surface area contributed by atoms with Crippen molar-refractivity contribution in [2.75, 3.05) is 19.4 Å². The molecular formula is C16H27Cl2N4O9P. The normalized spacial score (nSPS) is 15.1. The molecule has 0 spiro atoms. The van der Waals surface area contributed by atoms with Crippen LogP contribution in [0.1, 0.15) is 18.1 Å². The number of aliphatic hydroxyl groups excluding tert-OH is 2. The van der Waals surface area contributed by atoms with Gasteiger partial charge in [-0.05, 0) is 24.1 Å². The van der Waals surface area contributed by atoms with Gasteiger partial charge in [-0.15, -0.1) is 0 Å². The lowest BCUT2D eigenvalue weighted by Crippen LogP contribution is -2.44. The molecule has 1 aromatic rings. The molecule has 1 rings (SSSR count). The summed E-state index contributed by atoms with van der Waals surface area (Å²) >= 11 is 10.7. The van der Waals surface area contributed by atoms with E-state index in [0.29, 0.717) is 5.56 Å². The molecule has 4 atom stereocenters. The number of nitrogens with zero attached hydrogens (tertiary/aromatic N) is 1. The number of aliphatic carboxylic acids is 1. The molecule has 16 heteroatoms. The number of hydrogen-bond donors (Lipinski definition) is 7. The van der Waals surface area contributed by atoms with Gasteiger partial charge in [0.25, 0.3) is 11.6 Å². The smallest absolute Gasteiger partial charge is 0.320 e. The zero-order valence-electron chi connectivity index (χ0n) is 17.0. The van der Waals surface area contributed by atoms with Crippen LogP contribution in [0.3, 0.4) is 0 Å². The van der Waals surface area contributed by atoms with Crippen molar-refractivity contribution in [2.24, 2.45) is 5.73 Å². The second-order valence-corrected chi connectivity index (χ2v) is 10.0. The van der Waals surface area contributed by atoms with E-state index in [-0.39, 0.29) is 24.4 Å². The largest absolute Gasteiger partial charge is 0.480 e. The van der Waals surface area contributed by atoms with Crippen molar-refractivity contribution in [1.82, 2.24) is 11.5 Å². The molecule has 32 heavy (non-hydrogen) atoms. The average molecular weight is 521 g/mol. The first-order valence-corrected chi connectivity index (χ1v) is 11.8. The first kappa shape index (κ1) is 32.4. The van der Waals surface area contributed by atoms with Crippen LogP contribution in [0.4, 0.5) is 5.69 Å². The lowest BCUT2D eigenvalue weighted by molar-refractivity contribution is -0.384. The van der Waals surface area contributed by atoms with E-state index in [1.54, 1.807) is 0 Å². The molecule has 0 aromatic heterocycles. The SMILES string of the molecule is CP(=O)(O)CCC(N)C(=O)O.N.O=C(N[C@H](CO)[C@H](O)c1ccc([N+](=O)[O-])cc1)C(Cl)Cl. The van der Waals surface area contributed by atoms with E-state index in [1.165, 1.54) is 30.9 Å². The van der Waals surface area contributed by atoms with Gasteiger partial charge in [-0.1, -0.05) is 23.2 Å². The number of aliphatic hydroxyl groups is 2. The van der Waals surface area contributed by atoms with Crippen molar-refractivity contribution in [3.63, 3.8) is 0 Å². The Labute approximate surface area is 193 Å². The highest BCUT2D eigenvalue weighted by atomic mass is 35.5. The van der Waals surface area contributed by atoms with Crippen molar-refractivity contribution in [2.45, 2.75) is 29.4 Å². The standard InChI is InChI=1S/C11H12Cl2N2O5.C5H12NO4P.H3N/c12-10(13)11(18)14-8(5-16)9(17)6-1-3-7(4-2-6)15(19)20;1-11(9,10)3-2-4(6)5(7)8;/h1-4,8-10,16-17H,5H2,(H,14,18);4H,2-3,6H2,1H3,(H,7,8)(H,9,10);1H3/t8-,9-;;/m1../s1. The number of carboxylic acid groups (broad SMARTS) is 1. The number of hydrogen-bond acceptors (Lipinski definition) is 9. The van der Waals surface area contributed by atoms with Crippen LogP contribution in [-0.2, 0) is 14.2 Å². The summed E-state index contributed by atoms with van der Waals surface area (Å²) in [4.78, 5) is 38.8. The summed E-state index contributed by atoms with van der Waals surface area (Å²) < 4.78 is 10.6. The topological polar surface area (TPSA) is 248 Å². The second kappa shape index (κ2) is 15.1. The summed E-state index contributed by atoms with van der Waals surface area (Å²) in [5.74, 6) is -1.90. The molecule has 2 unspecified atom stereocenters. The van der Waals surface area contributed by atoms with Gasteiger partial charge in [-0.2, -0.15) is 0 Å².